The van der Waals surface area contributed by atoms with Gasteiger partial charge in [-0.15, -0.1) is 16.4 Å². The zero-order valence-corrected chi connectivity index (χ0v) is 15.4. The number of nitrogens with zero attached hydrogens (tertiary/aromatic N) is 4. The van der Waals surface area contributed by atoms with E-state index in [0.717, 1.165) is 32.5 Å². The van der Waals surface area contributed by atoms with Crippen molar-refractivity contribution in [3.8, 4) is 27.6 Å². The fraction of sp³-hybridized carbons (Fsp3) is 0. The number of halogens is 3. The Morgan fingerprint density at radius 3 is 2.73 bits per heavy atom. The minimum atomic E-state index is -0.776. The maximum Gasteiger partial charge on any atom is 0.165 e. The molecule has 0 radical (unpaired) electrons. The molecule has 0 aliphatic rings. The summed E-state index contributed by atoms with van der Waals surface area (Å²) < 4.78 is 29.2. The van der Waals surface area contributed by atoms with Gasteiger partial charge in [-0.05, 0) is 24.3 Å². The molecule has 4 aromatic rings. The number of hydrogen-bond acceptors (Lipinski definition) is 5. The quantitative estimate of drug-likeness (QED) is 0.509. The van der Waals surface area contributed by atoms with Gasteiger partial charge < -0.3 is 5.73 Å². The lowest BCUT2D eigenvalue weighted by Gasteiger charge is -2.04. The summed E-state index contributed by atoms with van der Waals surface area (Å²) in [6.07, 6.45) is 0. The van der Waals surface area contributed by atoms with Gasteiger partial charge in [0.2, 0.25) is 0 Å². The van der Waals surface area contributed by atoms with Crippen LogP contribution in [0.2, 0.25) is 0 Å². The first-order chi connectivity index (χ1) is 12.5. The van der Waals surface area contributed by atoms with Gasteiger partial charge in [0.1, 0.15) is 16.5 Å². The number of rotatable bonds is 3. The lowest BCUT2D eigenvalue weighted by Crippen LogP contribution is -2.05. The number of nitrogen functional groups attached to an aromatic ring is 1. The zero-order valence-electron chi connectivity index (χ0n) is 13.0. The second-order valence-electron chi connectivity index (χ2n) is 5.38. The number of benzene rings is 2. The number of hydrogen-bond donors (Lipinski definition) is 1. The Morgan fingerprint density at radius 1 is 1.12 bits per heavy atom. The van der Waals surface area contributed by atoms with Crippen LogP contribution in [0, 0.1) is 11.6 Å². The van der Waals surface area contributed by atoms with Gasteiger partial charge in [0.05, 0.1) is 5.69 Å². The molecule has 0 atom stereocenters. The van der Waals surface area contributed by atoms with Crippen LogP contribution < -0.4 is 5.73 Å². The Kier molecular flexibility index (Phi) is 4.25. The van der Waals surface area contributed by atoms with Crippen molar-refractivity contribution in [3.63, 3.8) is 0 Å². The standard InChI is InChI=1S/C17H10BrF2N5S/c18-10-3-1-2-9(6-10)13-8-26-17(22-13)15-16(21)25(24-23-15)14-5-4-11(19)7-12(14)20/h1-8H,21H2. The summed E-state index contributed by atoms with van der Waals surface area (Å²) in [5.74, 6) is -1.32. The monoisotopic (exact) mass is 433 g/mol. The Labute approximate surface area is 159 Å². The minimum absolute atomic E-state index is 0.0198. The molecule has 0 aliphatic heterocycles. The average molecular weight is 434 g/mol. The van der Waals surface area contributed by atoms with Gasteiger partial charge in [0, 0.05) is 21.5 Å². The highest BCUT2D eigenvalue weighted by atomic mass is 79.9. The molecule has 0 unspecified atom stereocenters. The summed E-state index contributed by atoms with van der Waals surface area (Å²) in [5.41, 5.74) is 8.16. The Hall–Kier alpha value is -2.65. The van der Waals surface area contributed by atoms with Gasteiger partial charge in [0.15, 0.2) is 17.3 Å². The molecule has 0 spiro atoms. The highest BCUT2D eigenvalue weighted by molar-refractivity contribution is 9.10. The summed E-state index contributed by atoms with van der Waals surface area (Å²) in [4.78, 5) is 4.54. The smallest absolute Gasteiger partial charge is 0.165 e. The van der Waals surface area contributed by atoms with Crippen LogP contribution in [0.5, 0.6) is 0 Å². The van der Waals surface area contributed by atoms with Gasteiger partial charge in [-0.25, -0.2) is 13.8 Å². The summed E-state index contributed by atoms with van der Waals surface area (Å²) in [6.45, 7) is 0. The number of thiazole rings is 1. The number of nitrogens with two attached hydrogens (primary N) is 1. The van der Waals surface area contributed by atoms with Crippen LogP contribution in [0.25, 0.3) is 27.6 Å². The molecule has 0 saturated heterocycles. The molecular formula is C17H10BrF2N5S. The second-order valence-corrected chi connectivity index (χ2v) is 7.15. The van der Waals surface area contributed by atoms with E-state index in [1.54, 1.807) is 0 Å². The van der Waals surface area contributed by atoms with Crippen LogP contribution in [0.3, 0.4) is 0 Å². The molecule has 26 heavy (non-hydrogen) atoms. The number of anilines is 1. The Bertz CT molecular complexity index is 1110. The van der Waals surface area contributed by atoms with E-state index in [-0.39, 0.29) is 11.5 Å². The number of aromatic nitrogens is 4. The van der Waals surface area contributed by atoms with E-state index in [1.165, 1.54) is 17.4 Å². The van der Waals surface area contributed by atoms with Crippen molar-refractivity contribution < 1.29 is 8.78 Å². The van der Waals surface area contributed by atoms with E-state index >= 15 is 0 Å². The van der Waals surface area contributed by atoms with Crippen molar-refractivity contribution in [3.05, 3.63) is 64.0 Å². The topological polar surface area (TPSA) is 69.6 Å². The van der Waals surface area contributed by atoms with E-state index in [9.17, 15) is 8.78 Å². The van der Waals surface area contributed by atoms with Gasteiger partial charge in [-0.2, -0.15) is 4.68 Å². The van der Waals surface area contributed by atoms with Crippen LogP contribution in [-0.2, 0) is 0 Å². The summed E-state index contributed by atoms with van der Waals surface area (Å²) >= 11 is 4.79. The molecule has 0 saturated carbocycles. The molecule has 9 heteroatoms. The lowest BCUT2D eigenvalue weighted by atomic mass is 10.2. The molecule has 130 valence electrons. The second kappa shape index (κ2) is 6.58. The summed E-state index contributed by atoms with van der Waals surface area (Å²) in [6, 6.07) is 10.9. The molecule has 0 fully saturated rings. The van der Waals surface area contributed by atoms with Gasteiger partial charge >= 0.3 is 0 Å². The molecule has 5 nitrogen and oxygen atoms in total. The summed E-state index contributed by atoms with van der Waals surface area (Å²) in [7, 11) is 0. The maximum absolute atomic E-state index is 14.0. The van der Waals surface area contributed by atoms with E-state index in [0.29, 0.717) is 10.7 Å². The minimum Gasteiger partial charge on any atom is -0.382 e. The normalized spacial score (nSPS) is 11.0. The molecule has 0 bridgehead atoms. The van der Waals surface area contributed by atoms with E-state index in [4.69, 9.17) is 5.73 Å². The Balaban J connectivity index is 1.73. The zero-order chi connectivity index (χ0) is 18.3. The molecule has 2 aromatic heterocycles. The van der Waals surface area contributed by atoms with Crippen molar-refractivity contribution in [2.24, 2.45) is 0 Å². The lowest BCUT2D eigenvalue weighted by molar-refractivity contribution is 0.572. The van der Waals surface area contributed by atoms with E-state index in [1.807, 2.05) is 29.6 Å². The predicted molar refractivity (Wildman–Crippen MR) is 99.9 cm³/mol. The molecule has 2 N–H and O–H groups in total. The highest BCUT2D eigenvalue weighted by Gasteiger charge is 2.19. The largest absolute Gasteiger partial charge is 0.382 e. The van der Waals surface area contributed by atoms with Crippen LogP contribution in [-0.4, -0.2) is 20.0 Å². The van der Waals surface area contributed by atoms with E-state index < -0.39 is 11.6 Å². The van der Waals surface area contributed by atoms with Crippen molar-refractivity contribution in [2.75, 3.05) is 5.73 Å². The highest BCUT2D eigenvalue weighted by Crippen LogP contribution is 2.32. The molecule has 0 amide bonds. The maximum atomic E-state index is 14.0. The van der Waals surface area contributed by atoms with Crippen molar-refractivity contribution in [2.45, 2.75) is 0 Å². The first-order valence-corrected chi connectivity index (χ1v) is 9.08. The fourth-order valence-corrected chi connectivity index (χ4v) is 3.65. The first-order valence-electron chi connectivity index (χ1n) is 7.41. The third-order valence-corrected chi connectivity index (χ3v) is 5.01. The van der Waals surface area contributed by atoms with Crippen LogP contribution in [0.4, 0.5) is 14.6 Å². The molecule has 2 aromatic carbocycles. The van der Waals surface area contributed by atoms with E-state index in [2.05, 4.69) is 31.2 Å². The third kappa shape index (κ3) is 2.99. The summed E-state index contributed by atoms with van der Waals surface area (Å²) in [5, 5.41) is 10.3. The van der Waals surface area contributed by atoms with Crippen molar-refractivity contribution in [1.29, 1.82) is 0 Å². The average Bonchev–Trinajstić information content (AvgIpc) is 3.22. The van der Waals surface area contributed by atoms with Gasteiger partial charge in [-0.1, -0.05) is 33.3 Å². The fourth-order valence-electron chi connectivity index (χ4n) is 2.44. The molecule has 0 aliphatic carbocycles. The van der Waals surface area contributed by atoms with Crippen LogP contribution in [0.1, 0.15) is 0 Å². The van der Waals surface area contributed by atoms with Crippen molar-refractivity contribution >= 4 is 33.1 Å². The van der Waals surface area contributed by atoms with Gasteiger partial charge in [-0.3, -0.25) is 0 Å². The predicted octanol–water partition coefficient (Wildman–Crippen LogP) is 4.68. The Morgan fingerprint density at radius 2 is 1.96 bits per heavy atom. The first kappa shape index (κ1) is 16.8. The van der Waals surface area contributed by atoms with Crippen molar-refractivity contribution in [1.82, 2.24) is 20.0 Å². The van der Waals surface area contributed by atoms with Crippen LogP contribution in [0.15, 0.2) is 52.3 Å². The SMILES string of the molecule is Nc1c(-c2nc(-c3cccc(Br)c3)cs2)nnn1-c1ccc(F)cc1F. The third-order valence-electron chi connectivity index (χ3n) is 3.67. The molecular weight excluding hydrogens is 424 g/mol. The van der Waals surface area contributed by atoms with Crippen LogP contribution >= 0.6 is 27.3 Å². The molecule has 4 rings (SSSR count). The molecule has 2 heterocycles. The van der Waals surface area contributed by atoms with Gasteiger partial charge in [0.25, 0.3) is 0 Å².